The number of thiophene rings is 1. The van der Waals surface area contributed by atoms with Gasteiger partial charge in [0.25, 0.3) is 0 Å². The lowest BCUT2D eigenvalue weighted by Crippen LogP contribution is -1.94. The van der Waals surface area contributed by atoms with Crippen molar-refractivity contribution in [3.63, 3.8) is 0 Å². The number of rotatable bonds is 4. The van der Waals surface area contributed by atoms with Gasteiger partial charge in [-0.2, -0.15) is 0 Å². The van der Waals surface area contributed by atoms with E-state index in [1.54, 1.807) is 0 Å². The van der Waals surface area contributed by atoms with E-state index in [9.17, 15) is 0 Å². The van der Waals surface area contributed by atoms with Crippen molar-refractivity contribution in [1.82, 2.24) is 4.57 Å². The maximum absolute atomic E-state index is 7.16. The highest BCUT2D eigenvalue weighted by molar-refractivity contribution is 7.25. The Labute approximate surface area is 298 Å². The molecule has 0 N–H and O–H groups in total. The molecule has 238 valence electrons. The first kappa shape index (κ1) is 28.4. The SMILES string of the molecule is c1ccc(-c2ccc3c(c2)c2ccccc2n3-c2cccc3c2oc2c(-c4ccccc4)ccc(-c4ccc5c(c4)sc4ccccc45)c23)cc1. The molecule has 0 aliphatic heterocycles. The van der Waals surface area contributed by atoms with E-state index >= 15 is 0 Å². The summed E-state index contributed by atoms with van der Waals surface area (Å²) in [5.41, 5.74) is 12.2. The molecule has 2 nitrogen and oxygen atoms in total. The zero-order valence-corrected chi connectivity index (χ0v) is 28.3. The van der Waals surface area contributed by atoms with Gasteiger partial charge in [-0.1, -0.05) is 133 Å². The van der Waals surface area contributed by atoms with Crippen molar-refractivity contribution in [1.29, 1.82) is 0 Å². The van der Waals surface area contributed by atoms with E-state index in [0.29, 0.717) is 0 Å². The predicted octanol–water partition coefficient (Wildman–Crippen LogP) is 14.1. The van der Waals surface area contributed by atoms with Crippen LogP contribution < -0.4 is 0 Å². The van der Waals surface area contributed by atoms with Crippen LogP contribution in [-0.2, 0) is 0 Å². The molecule has 0 fully saturated rings. The van der Waals surface area contributed by atoms with Crippen molar-refractivity contribution in [2.75, 3.05) is 0 Å². The molecule has 0 amide bonds. The summed E-state index contributed by atoms with van der Waals surface area (Å²) in [4.78, 5) is 0. The molecule has 3 heteroatoms. The monoisotopic (exact) mass is 667 g/mol. The van der Waals surface area contributed by atoms with Crippen LogP contribution in [0.5, 0.6) is 0 Å². The minimum Gasteiger partial charge on any atom is -0.453 e. The van der Waals surface area contributed by atoms with Crippen LogP contribution in [0.15, 0.2) is 180 Å². The van der Waals surface area contributed by atoms with E-state index in [4.69, 9.17) is 4.42 Å². The Balaban J connectivity index is 1.20. The summed E-state index contributed by atoms with van der Waals surface area (Å²) in [6.07, 6.45) is 0. The summed E-state index contributed by atoms with van der Waals surface area (Å²) >= 11 is 1.86. The molecule has 51 heavy (non-hydrogen) atoms. The Morgan fingerprint density at radius 1 is 0.373 bits per heavy atom. The van der Waals surface area contributed by atoms with E-state index in [2.05, 4.69) is 180 Å². The number of benzene rings is 8. The van der Waals surface area contributed by atoms with Gasteiger partial charge in [-0.05, 0) is 70.3 Å². The number of hydrogen-bond acceptors (Lipinski definition) is 2. The van der Waals surface area contributed by atoms with Gasteiger partial charge in [0.05, 0.1) is 16.7 Å². The molecule has 0 aliphatic rings. The quantitative estimate of drug-likeness (QED) is 0.183. The summed E-state index contributed by atoms with van der Waals surface area (Å²) in [5.74, 6) is 0. The number of nitrogens with zero attached hydrogens (tertiary/aromatic N) is 1. The van der Waals surface area contributed by atoms with Crippen molar-refractivity contribution in [3.05, 3.63) is 176 Å². The van der Waals surface area contributed by atoms with E-state index in [-0.39, 0.29) is 0 Å². The van der Waals surface area contributed by atoms with Crippen LogP contribution in [0.2, 0.25) is 0 Å². The first-order valence-electron chi connectivity index (χ1n) is 17.3. The van der Waals surface area contributed by atoms with Crippen molar-refractivity contribution in [2.45, 2.75) is 0 Å². The van der Waals surface area contributed by atoms with E-state index in [1.807, 2.05) is 11.3 Å². The molecule has 0 aliphatic carbocycles. The van der Waals surface area contributed by atoms with E-state index < -0.39 is 0 Å². The molecule has 0 saturated heterocycles. The van der Waals surface area contributed by atoms with Crippen molar-refractivity contribution < 1.29 is 4.42 Å². The Kier molecular flexibility index (Phi) is 6.16. The molecule has 3 heterocycles. The molecular formula is C48H29NOS. The second-order valence-corrected chi connectivity index (χ2v) is 14.3. The second-order valence-electron chi connectivity index (χ2n) is 13.2. The number of furan rings is 1. The van der Waals surface area contributed by atoms with E-state index in [0.717, 1.165) is 49.8 Å². The summed E-state index contributed by atoms with van der Waals surface area (Å²) in [6.45, 7) is 0. The summed E-state index contributed by atoms with van der Waals surface area (Å²) < 4.78 is 12.2. The van der Waals surface area contributed by atoms with Gasteiger partial charge in [0.15, 0.2) is 5.58 Å². The smallest absolute Gasteiger partial charge is 0.159 e. The average molecular weight is 668 g/mol. The first-order valence-corrected chi connectivity index (χ1v) is 18.2. The fourth-order valence-corrected chi connectivity index (χ4v) is 9.23. The van der Waals surface area contributed by atoms with Gasteiger partial charge in [-0.3, -0.25) is 0 Å². The summed E-state index contributed by atoms with van der Waals surface area (Å²) in [5, 5.41) is 7.31. The lowest BCUT2D eigenvalue weighted by Gasteiger charge is -2.09. The maximum atomic E-state index is 7.16. The molecule has 11 aromatic rings. The average Bonchev–Trinajstić information content (AvgIpc) is 3.88. The third-order valence-corrected chi connectivity index (χ3v) is 11.6. The van der Waals surface area contributed by atoms with Gasteiger partial charge in [-0.25, -0.2) is 0 Å². The standard InChI is InChI=1S/C48H29NOS/c1-3-12-30(13-4-1)32-23-27-42-40(28-32)36-16-7-9-19-41(36)49(42)43-20-11-18-39-46-34(25-26-35(48(46)50-47(39)43)31-14-5-2-6-15-31)33-22-24-38-37-17-8-10-21-44(37)51-45(38)29-33/h1-29H. The topological polar surface area (TPSA) is 18.1 Å². The van der Waals surface area contributed by atoms with Crippen molar-refractivity contribution in [3.8, 4) is 39.1 Å². The number of aromatic nitrogens is 1. The van der Waals surface area contributed by atoms with Gasteiger partial charge in [0.1, 0.15) is 5.58 Å². The highest BCUT2D eigenvalue weighted by Crippen LogP contribution is 2.46. The predicted molar refractivity (Wildman–Crippen MR) is 217 cm³/mol. The van der Waals surface area contributed by atoms with Gasteiger partial charge >= 0.3 is 0 Å². The largest absolute Gasteiger partial charge is 0.453 e. The number of para-hydroxylation sites is 2. The minimum atomic E-state index is 0.884. The van der Waals surface area contributed by atoms with Crippen LogP contribution in [0.1, 0.15) is 0 Å². The molecule has 11 rings (SSSR count). The van der Waals surface area contributed by atoms with Gasteiger partial charge in [0.2, 0.25) is 0 Å². The van der Waals surface area contributed by atoms with Crippen LogP contribution in [0, 0.1) is 0 Å². The fourth-order valence-electron chi connectivity index (χ4n) is 8.08. The zero-order chi connectivity index (χ0) is 33.5. The van der Waals surface area contributed by atoms with Crippen LogP contribution in [0.3, 0.4) is 0 Å². The minimum absolute atomic E-state index is 0.884. The molecule has 0 radical (unpaired) electrons. The Bertz CT molecular complexity index is 3130. The number of hydrogen-bond donors (Lipinski definition) is 0. The highest BCUT2D eigenvalue weighted by Gasteiger charge is 2.22. The van der Waals surface area contributed by atoms with Gasteiger partial charge in [0, 0.05) is 47.3 Å². The normalized spacial score (nSPS) is 11.9. The van der Waals surface area contributed by atoms with Crippen LogP contribution >= 0.6 is 11.3 Å². The zero-order valence-electron chi connectivity index (χ0n) is 27.5. The molecule has 8 aromatic carbocycles. The summed E-state index contributed by atoms with van der Waals surface area (Å²) in [7, 11) is 0. The first-order chi connectivity index (χ1) is 25.3. The Morgan fingerprint density at radius 3 is 1.90 bits per heavy atom. The maximum Gasteiger partial charge on any atom is 0.159 e. The fraction of sp³-hybridized carbons (Fsp3) is 0. The lowest BCUT2D eigenvalue weighted by atomic mass is 9.94. The van der Waals surface area contributed by atoms with Gasteiger partial charge < -0.3 is 8.98 Å². The van der Waals surface area contributed by atoms with E-state index in [1.165, 1.54) is 53.2 Å². The third kappa shape index (κ3) is 4.29. The third-order valence-electron chi connectivity index (χ3n) is 10.4. The van der Waals surface area contributed by atoms with Gasteiger partial charge in [-0.15, -0.1) is 11.3 Å². The summed E-state index contributed by atoms with van der Waals surface area (Å²) in [6, 6.07) is 63.5. The molecule has 0 atom stereocenters. The lowest BCUT2D eigenvalue weighted by molar-refractivity contribution is 0.667. The van der Waals surface area contributed by atoms with Crippen LogP contribution in [0.4, 0.5) is 0 Å². The molecule has 0 saturated carbocycles. The molecule has 0 unspecified atom stereocenters. The Morgan fingerprint density at radius 2 is 1.04 bits per heavy atom. The molecule has 3 aromatic heterocycles. The molecule has 0 bridgehead atoms. The Hall–Kier alpha value is -6.42. The van der Waals surface area contributed by atoms with Crippen LogP contribution in [-0.4, -0.2) is 4.57 Å². The van der Waals surface area contributed by atoms with Crippen LogP contribution in [0.25, 0.3) is 103 Å². The highest BCUT2D eigenvalue weighted by atomic mass is 32.1. The second kappa shape index (κ2) is 11.0. The van der Waals surface area contributed by atoms with Crippen molar-refractivity contribution in [2.24, 2.45) is 0 Å². The number of fused-ring (bicyclic) bond motifs is 9. The molecule has 0 spiro atoms. The van der Waals surface area contributed by atoms with Crippen molar-refractivity contribution >= 4 is 75.3 Å². The molecular weight excluding hydrogens is 639 g/mol.